The summed E-state index contributed by atoms with van der Waals surface area (Å²) >= 11 is 0. The van der Waals surface area contributed by atoms with E-state index < -0.39 is 11.7 Å². The molecule has 0 fully saturated rings. The van der Waals surface area contributed by atoms with Crippen LogP contribution in [-0.4, -0.2) is 30.7 Å². The molecule has 1 aromatic rings. The van der Waals surface area contributed by atoms with Crippen molar-refractivity contribution in [3.63, 3.8) is 0 Å². The van der Waals surface area contributed by atoms with E-state index >= 15 is 0 Å². The molecule has 0 aliphatic rings. The second kappa shape index (κ2) is 8.26. The summed E-state index contributed by atoms with van der Waals surface area (Å²) in [6.45, 7) is 6.53. The van der Waals surface area contributed by atoms with E-state index in [4.69, 9.17) is 10.5 Å². The van der Waals surface area contributed by atoms with Crippen molar-refractivity contribution < 1.29 is 14.3 Å². The van der Waals surface area contributed by atoms with Gasteiger partial charge in [-0.2, -0.15) is 0 Å². The molecule has 4 N–H and O–H groups in total. The van der Waals surface area contributed by atoms with Gasteiger partial charge in [-0.05, 0) is 57.9 Å². The van der Waals surface area contributed by atoms with Crippen LogP contribution in [-0.2, 0) is 4.74 Å². The highest BCUT2D eigenvalue weighted by Crippen LogP contribution is 2.06. The number of amides is 2. The Kier molecular flexibility index (Phi) is 6.69. The van der Waals surface area contributed by atoms with Gasteiger partial charge in [0.1, 0.15) is 5.60 Å². The minimum Gasteiger partial charge on any atom is -0.444 e. The number of nitrogen functional groups attached to an aromatic ring is 1. The van der Waals surface area contributed by atoms with E-state index in [1.54, 1.807) is 24.3 Å². The highest BCUT2D eigenvalue weighted by atomic mass is 16.6. The molecule has 0 saturated carbocycles. The molecule has 122 valence electrons. The second-order valence-electron chi connectivity index (χ2n) is 6.01. The van der Waals surface area contributed by atoms with E-state index in [2.05, 4.69) is 10.6 Å². The van der Waals surface area contributed by atoms with Gasteiger partial charge in [0.15, 0.2) is 0 Å². The Bertz CT molecular complexity index is 492. The molecule has 0 heterocycles. The monoisotopic (exact) mass is 307 g/mol. The first-order chi connectivity index (χ1) is 10.3. The lowest BCUT2D eigenvalue weighted by molar-refractivity contribution is 0.0526. The number of unbranched alkanes of at least 4 members (excludes halogenated alkanes) is 1. The first-order valence-electron chi connectivity index (χ1n) is 7.38. The average molecular weight is 307 g/mol. The lowest BCUT2D eigenvalue weighted by atomic mass is 10.2. The predicted molar refractivity (Wildman–Crippen MR) is 86.7 cm³/mol. The fourth-order valence-electron chi connectivity index (χ4n) is 1.69. The number of hydrogen-bond donors (Lipinski definition) is 3. The van der Waals surface area contributed by atoms with Crippen LogP contribution < -0.4 is 16.4 Å². The molecular formula is C16H25N3O3. The fraction of sp³-hybridized carbons (Fsp3) is 0.500. The van der Waals surface area contributed by atoms with Crippen molar-refractivity contribution in [1.82, 2.24) is 10.6 Å². The Balaban J connectivity index is 2.12. The van der Waals surface area contributed by atoms with Crippen molar-refractivity contribution in [2.45, 2.75) is 39.2 Å². The van der Waals surface area contributed by atoms with Gasteiger partial charge in [0.2, 0.25) is 0 Å². The molecule has 0 aromatic heterocycles. The molecule has 0 bridgehead atoms. The third-order valence-corrected chi connectivity index (χ3v) is 2.73. The zero-order valence-corrected chi connectivity index (χ0v) is 13.4. The molecule has 0 unspecified atom stereocenters. The Morgan fingerprint density at radius 1 is 1.05 bits per heavy atom. The van der Waals surface area contributed by atoms with Crippen LogP contribution in [0, 0.1) is 0 Å². The van der Waals surface area contributed by atoms with E-state index in [1.165, 1.54) is 0 Å². The number of rotatable bonds is 6. The molecule has 0 aliphatic heterocycles. The lowest BCUT2D eigenvalue weighted by Crippen LogP contribution is -2.33. The van der Waals surface area contributed by atoms with Crippen LogP contribution in [0.4, 0.5) is 10.5 Å². The van der Waals surface area contributed by atoms with Crippen molar-refractivity contribution in [1.29, 1.82) is 0 Å². The van der Waals surface area contributed by atoms with E-state index in [9.17, 15) is 9.59 Å². The molecule has 0 saturated heterocycles. The fourth-order valence-corrected chi connectivity index (χ4v) is 1.69. The van der Waals surface area contributed by atoms with Crippen molar-refractivity contribution in [2.24, 2.45) is 0 Å². The summed E-state index contributed by atoms with van der Waals surface area (Å²) in [6.07, 6.45) is 1.12. The molecule has 22 heavy (non-hydrogen) atoms. The quantitative estimate of drug-likeness (QED) is 0.555. The highest BCUT2D eigenvalue weighted by molar-refractivity contribution is 5.94. The van der Waals surface area contributed by atoms with Crippen LogP contribution in [0.1, 0.15) is 44.0 Å². The minimum absolute atomic E-state index is 0.125. The highest BCUT2D eigenvalue weighted by Gasteiger charge is 2.15. The Morgan fingerprint density at radius 3 is 2.14 bits per heavy atom. The van der Waals surface area contributed by atoms with Crippen molar-refractivity contribution in [2.75, 3.05) is 18.8 Å². The molecule has 0 aliphatic carbocycles. The summed E-state index contributed by atoms with van der Waals surface area (Å²) in [6, 6.07) is 6.77. The first-order valence-corrected chi connectivity index (χ1v) is 7.38. The maximum absolute atomic E-state index is 11.8. The van der Waals surface area contributed by atoms with Crippen LogP contribution in [0.5, 0.6) is 0 Å². The number of nitrogens with one attached hydrogen (secondary N) is 2. The topological polar surface area (TPSA) is 93.5 Å². The maximum Gasteiger partial charge on any atom is 0.407 e. The van der Waals surface area contributed by atoms with Gasteiger partial charge in [-0.3, -0.25) is 4.79 Å². The Morgan fingerprint density at radius 2 is 1.59 bits per heavy atom. The molecule has 1 rings (SSSR count). The van der Waals surface area contributed by atoms with Crippen LogP contribution in [0.15, 0.2) is 24.3 Å². The SMILES string of the molecule is CC(C)(C)OC(=O)NCCCCNC(=O)c1ccc(N)cc1. The molecule has 0 radical (unpaired) electrons. The number of anilines is 1. The minimum atomic E-state index is -0.489. The Hall–Kier alpha value is -2.24. The van der Waals surface area contributed by atoms with E-state index in [1.807, 2.05) is 20.8 Å². The smallest absolute Gasteiger partial charge is 0.407 e. The van der Waals surface area contributed by atoms with Gasteiger partial charge < -0.3 is 21.1 Å². The van der Waals surface area contributed by atoms with Gasteiger partial charge in [-0.15, -0.1) is 0 Å². The van der Waals surface area contributed by atoms with Crippen LogP contribution in [0.2, 0.25) is 0 Å². The summed E-state index contributed by atoms with van der Waals surface area (Å²) in [4.78, 5) is 23.2. The number of nitrogens with two attached hydrogens (primary N) is 1. The third kappa shape index (κ3) is 7.52. The van der Waals surface area contributed by atoms with Gasteiger partial charge in [-0.1, -0.05) is 0 Å². The lowest BCUT2D eigenvalue weighted by Gasteiger charge is -2.19. The summed E-state index contributed by atoms with van der Waals surface area (Å²) in [5.41, 5.74) is 6.29. The van der Waals surface area contributed by atoms with Gasteiger partial charge in [0, 0.05) is 24.3 Å². The molecule has 1 aromatic carbocycles. The Labute approximate surface area is 131 Å². The number of carbonyl (C=O) groups excluding carboxylic acids is 2. The number of carbonyl (C=O) groups is 2. The molecule has 6 nitrogen and oxygen atoms in total. The number of alkyl carbamates (subject to hydrolysis) is 1. The molecule has 0 spiro atoms. The third-order valence-electron chi connectivity index (χ3n) is 2.73. The summed E-state index contributed by atoms with van der Waals surface area (Å²) in [5, 5.41) is 5.50. The predicted octanol–water partition coefficient (Wildman–Crippen LogP) is 2.30. The average Bonchev–Trinajstić information content (AvgIpc) is 2.41. The van der Waals surface area contributed by atoms with Crippen molar-refractivity contribution in [3.8, 4) is 0 Å². The normalized spacial score (nSPS) is 10.9. The molecule has 0 atom stereocenters. The van der Waals surface area contributed by atoms with Crippen molar-refractivity contribution >= 4 is 17.7 Å². The maximum atomic E-state index is 11.8. The van der Waals surface area contributed by atoms with E-state index in [0.29, 0.717) is 24.3 Å². The van der Waals surface area contributed by atoms with Gasteiger partial charge in [0.25, 0.3) is 5.91 Å². The van der Waals surface area contributed by atoms with Crippen LogP contribution >= 0.6 is 0 Å². The largest absolute Gasteiger partial charge is 0.444 e. The van der Waals surface area contributed by atoms with Gasteiger partial charge >= 0.3 is 6.09 Å². The van der Waals surface area contributed by atoms with Crippen molar-refractivity contribution in [3.05, 3.63) is 29.8 Å². The van der Waals surface area contributed by atoms with E-state index in [0.717, 1.165) is 12.8 Å². The summed E-state index contributed by atoms with van der Waals surface area (Å²) < 4.78 is 5.12. The van der Waals surface area contributed by atoms with Gasteiger partial charge in [-0.25, -0.2) is 4.79 Å². The zero-order chi connectivity index (χ0) is 16.6. The molecule has 2 amide bonds. The molecular weight excluding hydrogens is 282 g/mol. The number of benzene rings is 1. The summed E-state index contributed by atoms with van der Waals surface area (Å²) in [5.74, 6) is -0.125. The van der Waals surface area contributed by atoms with Crippen LogP contribution in [0.3, 0.4) is 0 Å². The standard InChI is InChI=1S/C16H25N3O3/c1-16(2,3)22-15(21)19-11-5-4-10-18-14(20)12-6-8-13(17)9-7-12/h6-9H,4-5,10-11,17H2,1-3H3,(H,18,20)(H,19,21). The second-order valence-corrected chi connectivity index (χ2v) is 6.01. The zero-order valence-electron chi connectivity index (χ0n) is 13.4. The summed E-state index contributed by atoms with van der Waals surface area (Å²) in [7, 11) is 0. The van der Waals surface area contributed by atoms with E-state index in [-0.39, 0.29) is 5.91 Å². The van der Waals surface area contributed by atoms with Crippen LogP contribution in [0.25, 0.3) is 0 Å². The number of ether oxygens (including phenoxy) is 1. The first kappa shape index (κ1) is 17.8. The van der Waals surface area contributed by atoms with Gasteiger partial charge in [0.05, 0.1) is 0 Å². The molecule has 6 heteroatoms. The number of hydrogen-bond acceptors (Lipinski definition) is 4.